The fourth-order valence-electron chi connectivity index (χ4n) is 0.610. The number of amides is 1. The van der Waals surface area contributed by atoms with Gasteiger partial charge < -0.3 is 5.32 Å². The number of nitrogens with one attached hydrogen (secondary N) is 1. The third-order valence-electron chi connectivity index (χ3n) is 1.94. The van der Waals surface area contributed by atoms with Gasteiger partial charge in [-0.1, -0.05) is 41.5 Å². The summed E-state index contributed by atoms with van der Waals surface area (Å²) >= 11 is 0. The molecule has 1 atom stereocenters. The first-order chi connectivity index (χ1) is 5.39. The van der Waals surface area contributed by atoms with Crippen molar-refractivity contribution in [1.29, 1.82) is 0 Å². The van der Waals surface area contributed by atoms with Crippen LogP contribution in [0.1, 0.15) is 41.5 Å². The smallest absolute Gasteiger partial charge is 0.223 e. The van der Waals surface area contributed by atoms with E-state index in [1.165, 1.54) is 0 Å². The maximum Gasteiger partial charge on any atom is 0.223 e. The lowest BCUT2D eigenvalue weighted by atomic mass is 9.81. The molecule has 1 unspecified atom stereocenters. The topological polar surface area (TPSA) is 29.1 Å². The van der Waals surface area contributed by atoms with Gasteiger partial charge >= 0.3 is 0 Å². The highest BCUT2D eigenvalue weighted by molar-refractivity contribution is 5.78. The molecule has 0 spiro atoms. The second-order valence-electron chi connectivity index (χ2n) is 3.70. The minimum atomic E-state index is 0.0695. The standard InChI is InChI=1S/C8H17NO.C2H6/c1-6(7(10)9-5)8(2,3)4;1-2/h6H,1-5H3,(H,9,10);1-2H3. The van der Waals surface area contributed by atoms with Crippen molar-refractivity contribution in [3.8, 4) is 0 Å². The van der Waals surface area contributed by atoms with E-state index in [0.717, 1.165) is 0 Å². The molecule has 0 saturated carbocycles. The molecule has 0 aliphatic rings. The van der Waals surface area contributed by atoms with E-state index < -0.39 is 0 Å². The fraction of sp³-hybridized carbons (Fsp3) is 0.900. The Hall–Kier alpha value is -0.530. The summed E-state index contributed by atoms with van der Waals surface area (Å²) in [6, 6.07) is 0. The molecule has 0 heterocycles. The average molecular weight is 173 g/mol. The summed E-state index contributed by atoms with van der Waals surface area (Å²) in [7, 11) is 1.67. The molecule has 0 bridgehead atoms. The van der Waals surface area contributed by atoms with Crippen LogP contribution in [0.5, 0.6) is 0 Å². The van der Waals surface area contributed by atoms with Gasteiger partial charge in [-0.25, -0.2) is 0 Å². The summed E-state index contributed by atoms with van der Waals surface area (Å²) in [4.78, 5) is 11.0. The van der Waals surface area contributed by atoms with E-state index >= 15 is 0 Å². The molecule has 2 heteroatoms. The van der Waals surface area contributed by atoms with Gasteiger partial charge in [0.25, 0.3) is 0 Å². The Morgan fingerprint density at radius 2 is 1.58 bits per heavy atom. The van der Waals surface area contributed by atoms with E-state index in [2.05, 4.69) is 26.1 Å². The van der Waals surface area contributed by atoms with Gasteiger partial charge in [0, 0.05) is 13.0 Å². The molecule has 1 N–H and O–H groups in total. The number of carbonyl (C=O) groups is 1. The van der Waals surface area contributed by atoms with Gasteiger partial charge in [0.15, 0.2) is 0 Å². The first-order valence-corrected chi connectivity index (χ1v) is 4.61. The SMILES string of the molecule is CC.CNC(=O)C(C)C(C)(C)C. The maximum absolute atomic E-state index is 11.0. The van der Waals surface area contributed by atoms with Crippen molar-refractivity contribution >= 4 is 5.91 Å². The molecule has 0 aromatic rings. The summed E-state index contributed by atoms with van der Waals surface area (Å²) < 4.78 is 0. The van der Waals surface area contributed by atoms with Crippen molar-refractivity contribution in [2.24, 2.45) is 11.3 Å². The Morgan fingerprint density at radius 3 is 1.67 bits per heavy atom. The molecule has 2 nitrogen and oxygen atoms in total. The predicted molar refractivity (Wildman–Crippen MR) is 54.0 cm³/mol. The highest BCUT2D eigenvalue weighted by Crippen LogP contribution is 2.24. The summed E-state index contributed by atoms with van der Waals surface area (Å²) in [5.74, 6) is 0.199. The van der Waals surface area contributed by atoms with Crippen LogP contribution in [0.2, 0.25) is 0 Å². The number of rotatable bonds is 1. The first-order valence-electron chi connectivity index (χ1n) is 4.61. The molecular formula is C10H23NO. The van der Waals surface area contributed by atoms with Crippen LogP contribution in [-0.4, -0.2) is 13.0 Å². The van der Waals surface area contributed by atoms with Crippen LogP contribution < -0.4 is 5.32 Å². The van der Waals surface area contributed by atoms with Gasteiger partial charge in [-0.2, -0.15) is 0 Å². The average Bonchev–Trinajstić information content (AvgIpc) is 2.04. The Balaban J connectivity index is 0. The largest absolute Gasteiger partial charge is 0.359 e. The van der Waals surface area contributed by atoms with E-state index in [0.29, 0.717) is 0 Å². The van der Waals surface area contributed by atoms with Crippen LogP contribution >= 0.6 is 0 Å². The van der Waals surface area contributed by atoms with Gasteiger partial charge in [-0.15, -0.1) is 0 Å². The lowest BCUT2D eigenvalue weighted by molar-refractivity contribution is -0.126. The van der Waals surface area contributed by atoms with Gasteiger partial charge in [0.1, 0.15) is 0 Å². The molecule has 0 rings (SSSR count). The summed E-state index contributed by atoms with van der Waals surface area (Å²) in [5, 5.41) is 2.63. The number of carbonyl (C=O) groups excluding carboxylic acids is 1. The zero-order valence-corrected chi connectivity index (χ0v) is 9.49. The van der Waals surface area contributed by atoms with Crippen LogP contribution in [0.4, 0.5) is 0 Å². The maximum atomic E-state index is 11.0. The third-order valence-corrected chi connectivity index (χ3v) is 1.94. The zero-order valence-electron chi connectivity index (χ0n) is 9.49. The van der Waals surface area contributed by atoms with Crippen molar-refractivity contribution in [2.75, 3.05) is 7.05 Å². The van der Waals surface area contributed by atoms with Crippen LogP contribution in [0, 0.1) is 11.3 Å². The molecule has 12 heavy (non-hydrogen) atoms. The highest BCUT2D eigenvalue weighted by Gasteiger charge is 2.25. The van der Waals surface area contributed by atoms with Gasteiger partial charge in [-0.3, -0.25) is 4.79 Å². The van der Waals surface area contributed by atoms with Crippen LogP contribution in [-0.2, 0) is 4.79 Å². The van der Waals surface area contributed by atoms with E-state index in [1.807, 2.05) is 20.8 Å². The van der Waals surface area contributed by atoms with Gasteiger partial charge in [0.2, 0.25) is 5.91 Å². The summed E-state index contributed by atoms with van der Waals surface area (Å²) in [6.07, 6.45) is 0. The number of hydrogen-bond donors (Lipinski definition) is 1. The van der Waals surface area contributed by atoms with Crippen molar-refractivity contribution in [3.05, 3.63) is 0 Å². The molecule has 0 aliphatic carbocycles. The van der Waals surface area contributed by atoms with Crippen molar-refractivity contribution in [3.63, 3.8) is 0 Å². The highest BCUT2D eigenvalue weighted by atomic mass is 16.1. The minimum Gasteiger partial charge on any atom is -0.359 e. The monoisotopic (exact) mass is 173 g/mol. The van der Waals surface area contributed by atoms with E-state index in [9.17, 15) is 4.79 Å². The quantitative estimate of drug-likeness (QED) is 0.648. The predicted octanol–water partition coefficient (Wildman–Crippen LogP) is 2.44. The molecule has 0 fully saturated rings. The molecule has 0 saturated heterocycles. The zero-order chi connectivity index (χ0) is 10.4. The molecule has 0 aromatic carbocycles. The van der Waals surface area contributed by atoms with Gasteiger partial charge in [-0.05, 0) is 5.41 Å². The normalized spacial score (nSPS) is 12.6. The Bertz CT molecular complexity index is 124. The molecule has 0 aromatic heterocycles. The lowest BCUT2D eigenvalue weighted by Crippen LogP contribution is -2.33. The van der Waals surface area contributed by atoms with Crippen LogP contribution in [0.25, 0.3) is 0 Å². The first kappa shape index (κ1) is 14.0. The fourth-order valence-corrected chi connectivity index (χ4v) is 0.610. The molecule has 74 valence electrons. The second kappa shape index (κ2) is 6.04. The number of hydrogen-bond acceptors (Lipinski definition) is 1. The Labute approximate surface area is 76.7 Å². The second-order valence-corrected chi connectivity index (χ2v) is 3.70. The van der Waals surface area contributed by atoms with E-state index in [4.69, 9.17) is 0 Å². The lowest BCUT2D eigenvalue weighted by Gasteiger charge is -2.25. The van der Waals surface area contributed by atoms with Crippen LogP contribution in [0.3, 0.4) is 0 Å². The molecule has 1 amide bonds. The Morgan fingerprint density at radius 1 is 1.25 bits per heavy atom. The van der Waals surface area contributed by atoms with Crippen molar-refractivity contribution in [2.45, 2.75) is 41.5 Å². The third kappa shape index (κ3) is 5.16. The minimum absolute atomic E-state index is 0.0695. The molecular weight excluding hydrogens is 150 g/mol. The van der Waals surface area contributed by atoms with E-state index in [1.54, 1.807) is 7.05 Å². The van der Waals surface area contributed by atoms with Crippen molar-refractivity contribution < 1.29 is 4.79 Å². The summed E-state index contributed by atoms with van der Waals surface area (Å²) in [6.45, 7) is 12.1. The van der Waals surface area contributed by atoms with Crippen molar-refractivity contribution in [1.82, 2.24) is 5.32 Å². The Kier molecular flexibility index (Phi) is 7.05. The summed E-state index contributed by atoms with van der Waals surface area (Å²) in [5.41, 5.74) is 0.0695. The molecule has 0 radical (unpaired) electrons. The van der Waals surface area contributed by atoms with Crippen LogP contribution in [0.15, 0.2) is 0 Å². The van der Waals surface area contributed by atoms with Gasteiger partial charge in [0.05, 0.1) is 0 Å². The molecule has 0 aliphatic heterocycles. The van der Waals surface area contributed by atoms with E-state index in [-0.39, 0.29) is 17.2 Å².